The Morgan fingerprint density at radius 3 is 2.33 bits per heavy atom. The maximum atomic E-state index is 11.8. The van der Waals surface area contributed by atoms with Crippen LogP contribution in [0.4, 0.5) is 0 Å². The molecule has 21 heavy (non-hydrogen) atoms. The molecule has 110 valence electrons. The quantitative estimate of drug-likeness (QED) is 0.716. The van der Waals surface area contributed by atoms with Crippen LogP contribution in [0.2, 0.25) is 0 Å². The van der Waals surface area contributed by atoms with Crippen molar-refractivity contribution >= 4 is 23.6 Å². The first kappa shape index (κ1) is 14.7. The molecule has 0 atom stereocenters. The zero-order valence-electron chi connectivity index (χ0n) is 11.3. The molecule has 0 unspecified atom stereocenters. The van der Waals surface area contributed by atoms with Gasteiger partial charge >= 0.3 is 0 Å². The summed E-state index contributed by atoms with van der Waals surface area (Å²) >= 11 is 0. The van der Waals surface area contributed by atoms with Crippen LogP contribution in [0.1, 0.15) is 16.8 Å². The molecule has 0 spiro atoms. The summed E-state index contributed by atoms with van der Waals surface area (Å²) in [5.74, 6) is -1.59. The molecule has 1 aliphatic rings. The Bertz CT molecular complexity index is 555. The number of amides is 4. The highest BCUT2D eigenvalue weighted by Gasteiger charge is 2.25. The molecule has 0 saturated carbocycles. The van der Waals surface area contributed by atoms with Gasteiger partial charge in [-0.15, -0.1) is 0 Å². The van der Waals surface area contributed by atoms with Crippen molar-refractivity contribution in [1.29, 1.82) is 0 Å². The van der Waals surface area contributed by atoms with Crippen molar-refractivity contribution in [3.8, 4) is 0 Å². The maximum absolute atomic E-state index is 11.8. The number of carbonyl (C=O) groups is 4. The zero-order valence-corrected chi connectivity index (χ0v) is 11.3. The minimum Gasteiger partial charge on any atom is -0.352 e. The Hall–Kier alpha value is -2.70. The average Bonchev–Trinajstić information content (AvgIpc) is 2.47. The Morgan fingerprint density at radius 2 is 1.71 bits per heavy atom. The summed E-state index contributed by atoms with van der Waals surface area (Å²) < 4.78 is 0. The van der Waals surface area contributed by atoms with Crippen molar-refractivity contribution in [2.75, 3.05) is 19.6 Å². The van der Waals surface area contributed by atoms with E-state index in [2.05, 4.69) is 10.6 Å². The standard InChI is InChI=1S/C14H15N3O4/c18-11-8-17(9-12(19)16-11)13(20)6-7-15-14(21)10-4-2-1-3-5-10/h1-5H,6-9H2,(H,15,21)(H,16,18,19). The second-order valence-corrected chi connectivity index (χ2v) is 4.59. The molecular formula is C14H15N3O4. The number of hydrogen-bond acceptors (Lipinski definition) is 4. The van der Waals surface area contributed by atoms with E-state index in [0.29, 0.717) is 5.56 Å². The number of hydrogen-bond donors (Lipinski definition) is 2. The highest BCUT2D eigenvalue weighted by Crippen LogP contribution is 2.00. The van der Waals surface area contributed by atoms with Crippen LogP contribution in [0, 0.1) is 0 Å². The lowest BCUT2D eigenvalue weighted by atomic mass is 10.2. The van der Waals surface area contributed by atoms with Crippen LogP contribution in [-0.2, 0) is 14.4 Å². The number of carbonyl (C=O) groups excluding carboxylic acids is 4. The number of nitrogens with zero attached hydrogens (tertiary/aromatic N) is 1. The summed E-state index contributed by atoms with van der Waals surface area (Å²) in [6.07, 6.45) is 0.0408. The van der Waals surface area contributed by atoms with Gasteiger partial charge in [-0.05, 0) is 12.1 Å². The van der Waals surface area contributed by atoms with Gasteiger partial charge in [0.15, 0.2) is 0 Å². The van der Waals surface area contributed by atoms with E-state index < -0.39 is 11.8 Å². The molecule has 1 aromatic carbocycles. The Morgan fingerprint density at radius 1 is 1.10 bits per heavy atom. The van der Waals surface area contributed by atoms with Crippen molar-refractivity contribution in [1.82, 2.24) is 15.5 Å². The molecule has 7 nitrogen and oxygen atoms in total. The molecule has 0 aliphatic carbocycles. The lowest BCUT2D eigenvalue weighted by molar-refractivity contribution is -0.145. The first-order valence-corrected chi connectivity index (χ1v) is 6.50. The summed E-state index contributed by atoms with van der Waals surface area (Å²) in [5.41, 5.74) is 0.512. The average molecular weight is 289 g/mol. The fraction of sp³-hybridized carbons (Fsp3) is 0.286. The van der Waals surface area contributed by atoms with Gasteiger partial charge in [-0.2, -0.15) is 0 Å². The van der Waals surface area contributed by atoms with Crippen LogP contribution in [0.3, 0.4) is 0 Å². The van der Waals surface area contributed by atoms with Gasteiger partial charge in [-0.1, -0.05) is 18.2 Å². The van der Waals surface area contributed by atoms with Crippen molar-refractivity contribution < 1.29 is 19.2 Å². The van der Waals surface area contributed by atoms with Gasteiger partial charge < -0.3 is 10.2 Å². The summed E-state index contributed by atoms with van der Waals surface area (Å²) in [4.78, 5) is 47.1. The molecule has 0 radical (unpaired) electrons. The normalized spacial score (nSPS) is 14.6. The molecule has 1 fully saturated rings. The monoisotopic (exact) mass is 289 g/mol. The topological polar surface area (TPSA) is 95.6 Å². The Kier molecular flexibility index (Phi) is 4.65. The van der Waals surface area contributed by atoms with Gasteiger partial charge in [0.2, 0.25) is 17.7 Å². The summed E-state index contributed by atoms with van der Waals surface area (Å²) in [6, 6.07) is 8.64. The maximum Gasteiger partial charge on any atom is 0.251 e. The van der Waals surface area contributed by atoms with Crippen LogP contribution < -0.4 is 10.6 Å². The van der Waals surface area contributed by atoms with Gasteiger partial charge in [0.05, 0.1) is 0 Å². The fourth-order valence-electron chi connectivity index (χ4n) is 1.95. The van der Waals surface area contributed by atoms with Crippen molar-refractivity contribution in [3.05, 3.63) is 35.9 Å². The fourth-order valence-corrected chi connectivity index (χ4v) is 1.95. The molecule has 7 heteroatoms. The summed E-state index contributed by atoms with van der Waals surface area (Å²) in [5, 5.41) is 4.74. The lowest BCUT2D eigenvalue weighted by Crippen LogP contribution is -2.53. The van der Waals surface area contributed by atoms with E-state index in [1.165, 1.54) is 4.90 Å². The van der Waals surface area contributed by atoms with Crippen molar-refractivity contribution in [2.45, 2.75) is 6.42 Å². The molecule has 1 aliphatic heterocycles. The third kappa shape index (κ3) is 4.13. The van der Waals surface area contributed by atoms with E-state index in [4.69, 9.17) is 0 Å². The summed E-state index contributed by atoms with van der Waals surface area (Å²) in [6.45, 7) is -0.104. The first-order valence-electron chi connectivity index (χ1n) is 6.50. The van der Waals surface area contributed by atoms with Crippen LogP contribution in [0.15, 0.2) is 30.3 Å². The first-order chi connectivity index (χ1) is 10.1. The van der Waals surface area contributed by atoms with E-state index in [1.807, 2.05) is 0 Å². The number of piperazine rings is 1. The molecule has 2 N–H and O–H groups in total. The number of benzene rings is 1. The van der Waals surface area contributed by atoms with E-state index >= 15 is 0 Å². The van der Waals surface area contributed by atoms with Gasteiger partial charge in [0.25, 0.3) is 5.91 Å². The lowest BCUT2D eigenvalue weighted by Gasteiger charge is -2.25. The molecule has 0 bridgehead atoms. The second-order valence-electron chi connectivity index (χ2n) is 4.59. The van der Waals surface area contributed by atoms with E-state index in [9.17, 15) is 19.2 Å². The molecular weight excluding hydrogens is 274 g/mol. The van der Waals surface area contributed by atoms with Crippen LogP contribution in [0.5, 0.6) is 0 Å². The van der Waals surface area contributed by atoms with Crippen molar-refractivity contribution in [2.24, 2.45) is 0 Å². The van der Waals surface area contributed by atoms with Crippen LogP contribution >= 0.6 is 0 Å². The van der Waals surface area contributed by atoms with Gasteiger partial charge in [-0.3, -0.25) is 24.5 Å². The predicted molar refractivity (Wildman–Crippen MR) is 73.1 cm³/mol. The van der Waals surface area contributed by atoms with Crippen LogP contribution in [-0.4, -0.2) is 48.2 Å². The van der Waals surface area contributed by atoms with E-state index in [0.717, 1.165) is 0 Å². The van der Waals surface area contributed by atoms with Gasteiger partial charge in [0, 0.05) is 18.5 Å². The third-order valence-corrected chi connectivity index (χ3v) is 2.96. The number of rotatable bonds is 4. The van der Waals surface area contributed by atoms with Gasteiger partial charge in [0.1, 0.15) is 13.1 Å². The smallest absolute Gasteiger partial charge is 0.251 e. The van der Waals surface area contributed by atoms with E-state index in [-0.39, 0.29) is 37.9 Å². The molecule has 4 amide bonds. The number of imide groups is 1. The predicted octanol–water partition coefficient (Wildman–Crippen LogP) is -0.708. The highest BCUT2D eigenvalue weighted by atomic mass is 16.2. The largest absolute Gasteiger partial charge is 0.352 e. The third-order valence-electron chi connectivity index (χ3n) is 2.96. The van der Waals surface area contributed by atoms with E-state index in [1.54, 1.807) is 30.3 Å². The minimum absolute atomic E-state index is 0.0408. The Labute approximate surface area is 121 Å². The molecule has 2 rings (SSSR count). The number of nitrogens with one attached hydrogen (secondary N) is 2. The Balaban J connectivity index is 1.78. The SMILES string of the molecule is O=C1CN(C(=O)CCNC(=O)c2ccccc2)CC(=O)N1. The molecule has 0 aromatic heterocycles. The van der Waals surface area contributed by atoms with Crippen LogP contribution in [0.25, 0.3) is 0 Å². The highest BCUT2D eigenvalue weighted by molar-refractivity contribution is 6.02. The van der Waals surface area contributed by atoms with Gasteiger partial charge in [-0.25, -0.2) is 0 Å². The molecule has 1 heterocycles. The zero-order chi connectivity index (χ0) is 15.2. The van der Waals surface area contributed by atoms with Crippen molar-refractivity contribution in [3.63, 3.8) is 0 Å². The second kappa shape index (κ2) is 6.65. The molecule has 1 saturated heterocycles. The minimum atomic E-state index is -0.493. The summed E-state index contributed by atoms with van der Waals surface area (Å²) in [7, 11) is 0. The molecule has 1 aromatic rings.